The number of nitro groups is 1. The van der Waals surface area contributed by atoms with Gasteiger partial charge in [0.2, 0.25) is 0 Å². The molecule has 164 valence electrons. The first-order chi connectivity index (χ1) is 15.6. The summed E-state index contributed by atoms with van der Waals surface area (Å²) in [6.07, 6.45) is 8.25. The van der Waals surface area contributed by atoms with Crippen LogP contribution in [-0.4, -0.2) is 27.4 Å². The van der Waals surface area contributed by atoms with Crippen LogP contribution in [0.15, 0.2) is 65.0 Å². The van der Waals surface area contributed by atoms with Crippen LogP contribution in [0.5, 0.6) is 5.75 Å². The summed E-state index contributed by atoms with van der Waals surface area (Å²) in [5.41, 5.74) is 0.700. The molecule has 0 unspecified atom stereocenters. The van der Waals surface area contributed by atoms with Crippen molar-refractivity contribution in [1.82, 2.24) is 9.66 Å². The molecular weight excluding hydrogens is 408 g/mol. The number of para-hydroxylation sites is 1. The van der Waals surface area contributed by atoms with E-state index in [1.54, 1.807) is 18.2 Å². The van der Waals surface area contributed by atoms with Crippen LogP contribution in [0.2, 0.25) is 0 Å². The summed E-state index contributed by atoms with van der Waals surface area (Å²) in [7, 11) is 0. The van der Waals surface area contributed by atoms with Gasteiger partial charge in [-0.15, -0.1) is 0 Å². The molecule has 8 heteroatoms. The van der Waals surface area contributed by atoms with Gasteiger partial charge in [0.1, 0.15) is 18.2 Å². The highest BCUT2D eigenvalue weighted by molar-refractivity contribution is 5.85. The summed E-state index contributed by atoms with van der Waals surface area (Å²) < 4.78 is 6.96. The zero-order valence-electron chi connectivity index (χ0n) is 17.6. The van der Waals surface area contributed by atoms with Crippen LogP contribution in [0.1, 0.15) is 49.4 Å². The van der Waals surface area contributed by atoms with Crippen LogP contribution < -0.4 is 10.3 Å². The van der Waals surface area contributed by atoms with Gasteiger partial charge in [-0.3, -0.25) is 14.9 Å². The van der Waals surface area contributed by atoms with Crippen molar-refractivity contribution >= 4 is 22.8 Å². The van der Waals surface area contributed by atoms with E-state index in [2.05, 4.69) is 11.7 Å². The van der Waals surface area contributed by atoms with Gasteiger partial charge in [-0.05, 0) is 31.0 Å². The molecule has 1 aliphatic rings. The molecule has 0 radical (unpaired) electrons. The monoisotopic (exact) mass is 432 g/mol. The van der Waals surface area contributed by atoms with E-state index in [9.17, 15) is 14.9 Å². The fourth-order valence-electron chi connectivity index (χ4n) is 4.03. The molecule has 2 aromatic carbocycles. The summed E-state index contributed by atoms with van der Waals surface area (Å²) in [4.78, 5) is 28.9. The van der Waals surface area contributed by atoms with Crippen molar-refractivity contribution < 1.29 is 9.66 Å². The molecule has 1 aromatic heterocycles. The minimum atomic E-state index is -0.480. The second kappa shape index (κ2) is 9.55. The van der Waals surface area contributed by atoms with Gasteiger partial charge in [-0.1, -0.05) is 44.1 Å². The van der Waals surface area contributed by atoms with Gasteiger partial charge in [-0.2, -0.15) is 9.78 Å². The Labute approximate surface area is 185 Å². The Morgan fingerprint density at radius 2 is 2.00 bits per heavy atom. The number of hydrogen-bond acceptors (Lipinski definition) is 6. The van der Waals surface area contributed by atoms with E-state index in [1.165, 1.54) is 35.5 Å². The third-order valence-electron chi connectivity index (χ3n) is 5.62. The van der Waals surface area contributed by atoms with Crippen LogP contribution >= 0.6 is 0 Å². The van der Waals surface area contributed by atoms with Crippen molar-refractivity contribution in [2.75, 3.05) is 6.61 Å². The molecule has 3 aromatic rings. The van der Waals surface area contributed by atoms with Crippen molar-refractivity contribution in [3.05, 3.63) is 87.0 Å². The second-order valence-electron chi connectivity index (χ2n) is 7.76. The number of non-ortho nitro benzene ring substituents is 1. The number of nitrogens with zero attached hydrogens (tertiary/aromatic N) is 4. The number of hydrogen-bond donors (Lipinski definition) is 0. The van der Waals surface area contributed by atoms with Gasteiger partial charge >= 0.3 is 0 Å². The first kappa shape index (κ1) is 21.4. The topological polar surface area (TPSA) is 99.6 Å². The summed E-state index contributed by atoms with van der Waals surface area (Å²) in [5, 5.41) is 16.2. The maximum atomic E-state index is 13.3. The summed E-state index contributed by atoms with van der Waals surface area (Å²) in [6.45, 7) is 3.87. The molecule has 0 spiro atoms. The standard InChI is InChI=1S/C24H24N4O4/c1-2-14-32-22-13-12-19(28(30)31)15-18(22)16-25-27-23(17-8-4-3-5-9-17)26-21-11-7-6-10-20(21)24(27)29/h2,6-7,10-13,15-17H,1,3-5,8-9,14H2. The molecule has 0 saturated heterocycles. The summed E-state index contributed by atoms with van der Waals surface area (Å²) in [6, 6.07) is 11.5. The number of ether oxygens (including phenoxy) is 1. The zero-order chi connectivity index (χ0) is 22.5. The lowest BCUT2D eigenvalue weighted by Crippen LogP contribution is -2.25. The number of aromatic nitrogens is 2. The molecule has 0 bridgehead atoms. The molecule has 4 rings (SSSR count). The number of fused-ring (bicyclic) bond motifs is 1. The van der Waals surface area contributed by atoms with Crippen molar-refractivity contribution in [2.45, 2.75) is 38.0 Å². The van der Waals surface area contributed by atoms with E-state index < -0.39 is 4.92 Å². The smallest absolute Gasteiger partial charge is 0.282 e. The first-order valence-corrected chi connectivity index (χ1v) is 10.7. The molecule has 1 aliphatic carbocycles. The third kappa shape index (κ3) is 4.44. The number of rotatable bonds is 7. The first-order valence-electron chi connectivity index (χ1n) is 10.7. The lowest BCUT2D eigenvalue weighted by atomic mass is 9.88. The Kier molecular flexibility index (Phi) is 6.39. The van der Waals surface area contributed by atoms with Gasteiger partial charge in [0.05, 0.1) is 22.0 Å². The molecule has 32 heavy (non-hydrogen) atoms. The molecule has 8 nitrogen and oxygen atoms in total. The van der Waals surface area contributed by atoms with Crippen molar-refractivity contribution in [1.29, 1.82) is 0 Å². The fourth-order valence-corrected chi connectivity index (χ4v) is 4.03. The SMILES string of the molecule is C=CCOc1ccc([N+](=O)[O-])cc1C=Nn1c(C2CCCCC2)nc2ccccc2c1=O. The Hall–Kier alpha value is -3.81. The Morgan fingerprint density at radius 1 is 1.22 bits per heavy atom. The van der Waals surface area contributed by atoms with Crippen LogP contribution in [0, 0.1) is 10.1 Å². The Balaban J connectivity index is 1.83. The quantitative estimate of drug-likeness (QED) is 0.231. The van der Waals surface area contributed by atoms with Gasteiger partial charge < -0.3 is 4.74 Å². The lowest BCUT2D eigenvalue weighted by Gasteiger charge is -2.22. The second-order valence-corrected chi connectivity index (χ2v) is 7.76. The predicted molar refractivity (Wildman–Crippen MR) is 124 cm³/mol. The van der Waals surface area contributed by atoms with E-state index in [-0.39, 0.29) is 23.8 Å². The highest BCUT2D eigenvalue weighted by atomic mass is 16.6. The maximum absolute atomic E-state index is 13.3. The average Bonchev–Trinajstić information content (AvgIpc) is 2.82. The highest BCUT2D eigenvalue weighted by Crippen LogP contribution is 2.32. The lowest BCUT2D eigenvalue weighted by molar-refractivity contribution is -0.384. The third-order valence-corrected chi connectivity index (χ3v) is 5.62. The number of benzene rings is 2. The van der Waals surface area contributed by atoms with E-state index in [0.717, 1.165) is 25.7 Å². The minimum Gasteiger partial charge on any atom is -0.489 e. The largest absolute Gasteiger partial charge is 0.489 e. The maximum Gasteiger partial charge on any atom is 0.282 e. The van der Waals surface area contributed by atoms with Crippen LogP contribution in [0.25, 0.3) is 10.9 Å². The Bertz CT molecular complexity index is 1240. The predicted octanol–water partition coefficient (Wildman–Crippen LogP) is 4.80. The van der Waals surface area contributed by atoms with Gasteiger partial charge in [-0.25, -0.2) is 4.98 Å². The molecule has 0 amide bonds. The molecular formula is C24H24N4O4. The zero-order valence-corrected chi connectivity index (χ0v) is 17.6. The highest BCUT2D eigenvalue weighted by Gasteiger charge is 2.22. The van der Waals surface area contributed by atoms with Crippen LogP contribution in [0.3, 0.4) is 0 Å². The fraction of sp³-hybridized carbons (Fsp3) is 0.292. The van der Waals surface area contributed by atoms with Gasteiger partial charge in [0, 0.05) is 23.6 Å². The Morgan fingerprint density at radius 3 is 2.75 bits per heavy atom. The van der Waals surface area contributed by atoms with Crippen molar-refractivity contribution in [2.24, 2.45) is 5.10 Å². The minimum absolute atomic E-state index is 0.0890. The van der Waals surface area contributed by atoms with Crippen LogP contribution in [0.4, 0.5) is 5.69 Å². The van der Waals surface area contributed by atoms with Crippen molar-refractivity contribution in [3.63, 3.8) is 0 Å². The van der Waals surface area contributed by atoms with Crippen LogP contribution in [-0.2, 0) is 0 Å². The molecule has 0 aliphatic heterocycles. The molecule has 1 saturated carbocycles. The van der Waals surface area contributed by atoms with Crippen molar-refractivity contribution in [3.8, 4) is 5.75 Å². The summed E-state index contributed by atoms with van der Waals surface area (Å²) >= 11 is 0. The molecule has 1 heterocycles. The van der Waals surface area contributed by atoms with E-state index in [1.807, 2.05) is 12.1 Å². The number of nitro benzene ring substituents is 1. The molecule has 0 N–H and O–H groups in total. The van der Waals surface area contributed by atoms with E-state index in [4.69, 9.17) is 9.72 Å². The van der Waals surface area contributed by atoms with E-state index >= 15 is 0 Å². The van der Waals surface area contributed by atoms with Gasteiger partial charge in [0.15, 0.2) is 0 Å². The summed E-state index contributed by atoms with van der Waals surface area (Å²) in [5.74, 6) is 1.18. The average molecular weight is 432 g/mol. The normalized spacial score (nSPS) is 14.6. The van der Waals surface area contributed by atoms with E-state index in [0.29, 0.717) is 28.0 Å². The molecule has 1 fully saturated rings. The van der Waals surface area contributed by atoms with Gasteiger partial charge in [0.25, 0.3) is 11.2 Å². The molecule has 0 atom stereocenters.